The average molecular weight is 346 g/mol. The first-order valence-electron chi connectivity index (χ1n) is 7.32. The molecule has 4 nitrogen and oxygen atoms in total. The third-order valence-corrected chi connectivity index (χ3v) is 5.06. The lowest BCUT2D eigenvalue weighted by Crippen LogP contribution is -2.13. The Morgan fingerprint density at radius 3 is 2.17 bits per heavy atom. The molecule has 0 aliphatic rings. The molecule has 1 aromatic heterocycles. The van der Waals surface area contributed by atoms with Gasteiger partial charge in [-0.05, 0) is 49.9 Å². The summed E-state index contributed by atoms with van der Waals surface area (Å²) in [4.78, 5) is 0.170. The van der Waals surface area contributed by atoms with Crippen molar-refractivity contribution in [3.05, 3.63) is 78.2 Å². The number of hydrogen-bond acceptors (Lipinski definition) is 3. The van der Waals surface area contributed by atoms with Crippen molar-refractivity contribution in [2.75, 3.05) is 7.05 Å². The van der Waals surface area contributed by atoms with E-state index < -0.39 is 15.8 Å². The molecule has 0 aliphatic heterocycles. The summed E-state index contributed by atoms with van der Waals surface area (Å²) in [6.45, 7) is 1.78. The molecule has 0 aliphatic carbocycles. The predicted octanol–water partition coefficient (Wildman–Crippen LogP) is 3.41. The number of aryl methyl sites for hydroxylation is 1. The largest absolute Gasteiger partial charge is 0.333 e. The first kappa shape index (κ1) is 17.9. The van der Waals surface area contributed by atoms with E-state index in [2.05, 4.69) is 5.73 Å². The number of rotatable bonds is 3. The average Bonchev–Trinajstić information content (AvgIpc) is 3.00. The number of benzene rings is 2. The summed E-state index contributed by atoms with van der Waals surface area (Å²) in [5, 5.41) is 0. The molecule has 0 spiro atoms. The van der Waals surface area contributed by atoms with E-state index >= 15 is 0 Å². The van der Waals surface area contributed by atoms with Gasteiger partial charge in [-0.3, -0.25) is 0 Å². The van der Waals surface area contributed by atoms with Gasteiger partial charge in [0.25, 0.3) is 10.0 Å². The molecular formula is C18H19FN2O2S. The number of nitrogens with two attached hydrogens (primary N) is 1. The van der Waals surface area contributed by atoms with Gasteiger partial charge in [-0.15, -0.1) is 0 Å². The summed E-state index contributed by atoms with van der Waals surface area (Å²) >= 11 is 0. The predicted molar refractivity (Wildman–Crippen MR) is 93.7 cm³/mol. The Hall–Kier alpha value is -2.44. The maximum Gasteiger partial charge on any atom is 0.268 e. The highest BCUT2D eigenvalue weighted by Gasteiger charge is 2.22. The number of nitrogens with zero attached hydrogens (tertiary/aromatic N) is 1. The molecule has 6 heteroatoms. The standard InChI is InChI=1S/C17H14FNO2S.CH5N/c1-13-11-17(15-9-5-6-10-16(15)18)19(12-13)22(20,21)14-7-3-2-4-8-14;1-2/h2-12H,1H3;2H2,1H3. The summed E-state index contributed by atoms with van der Waals surface area (Å²) in [6.07, 6.45) is 1.50. The Kier molecular flexibility index (Phi) is 5.54. The van der Waals surface area contributed by atoms with Crippen molar-refractivity contribution in [1.29, 1.82) is 0 Å². The van der Waals surface area contributed by atoms with Crippen LogP contribution in [-0.2, 0) is 10.0 Å². The van der Waals surface area contributed by atoms with Gasteiger partial charge in [-0.25, -0.2) is 16.8 Å². The van der Waals surface area contributed by atoms with Crippen molar-refractivity contribution < 1.29 is 12.8 Å². The molecule has 3 rings (SSSR count). The Morgan fingerprint density at radius 1 is 0.958 bits per heavy atom. The summed E-state index contributed by atoms with van der Waals surface area (Å²) in [7, 11) is -2.26. The van der Waals surface area contributed by atoms with Gasteiger partial charge in [0.1, 0.15) is 5.82 Å². The highest BCUT2D eigenvalue weighted by Crippen LogP contribution is 2.28. The fourth-order valence-corrected chi connectivity index (χ4v) is 3.78. The Labute approximate surface area is 141 Å². The SMILES string of the molecule is CN.Cc1cc(-c2ccccc2F)n(S(=O)(=O)c2ccccc2)c1. The first-order valence-corrected chi connectivity index (χ1v) is 8.76. The maximum absolute atomic E-state index is 14.0. The Morgan fingerprint density at radius 2 is 1.54 bits per heavy atom. The molecule has 0 atom stereocenters. The van der Waals surface area contributed by atoms with Gasteiger partial charge in [0.15, 0.2) is 0 Å². The van der Waals surface area contributed by atoms with E-state index in [1.807, 2.05) is 0 Å². The number of aromatic nitrogens is 1. The van der Waals surface area contributed by atoms with E-state index in [0.29, 0.717) is 5.69 Å². The zero-order chi connectivity index (χ0) is 17.7. The van der Waals surface area contributed by atoms with E-state index in [1.54, 1.807) is 49.4 Å². The van der Waals surface area contributed by atoms with Crippen LogP contribution < -0.4 is 5.73 Å². The van der Waals surface area contributed by atoms with Crippen LogP contribution >= 0.6 is 0 Å². The lowest BCUT2D eigenvalue weighted by atomic mass is 10.1. The van der Waals surface area contributed by atoms with Crippen molar-refractivity contribution in [3.63, 3.8) is 0 Å². The Bertz CT molecular complexity index is 919. The van der Waals surface area contributed by atoms with Gasteiger partial charge < -0.3 is 5.73 Å². The zero-order valence-electron chi connectivity index (χ0n) is 13.5. The van der Waals surface area contributed by atoms with E-state index in [4.69, 9.17) is 0 Å². The topological polar surface area (TPSA) is 65.1 Å². The van der Waals surface area contributed by atoms with Crippen molar-refractivity contribution in [2.24, 2.45) is 5.73 Å². The van der Waals surface area contributed by atoms with Crippen LogP contribution in [0.25, 0.3) is 11.3 Å². The molecule has 2 aromatic carbocycles. The van der Waals surface area contributed by atoms with E-state index in [0.717, 1.165) is 9.54 Å². The van der Waals surface area contributed by atoms with Gasteiger partial charge in [0.05, 0.1) is 10.6 Å². The summed E-state index contributed by atoms with van der Waals surface area (Å²) in [6, 6.07) is 15.9. The zero-order valence-corrected chi connectivity index (χ0v) is 14.3. The molecule has 24 heavy (non-hydrogen) atoms. The van der Waals surface area contributed by atoms with Crippen LogP contribution in [-0.4, -0.2) is 19.4 Å². The minimum atomic E-state index is -3.76. The second kappa shape index (κ2) is 7.42. The normalized spacial score (nSPS) is 10.8. The molecule has 126 valence electrons. The van der Waals surface area contributed by atoms with Gasteiger partial charge >= 0.3 is 0 Å². The lowest BCUT2D eigenvalue weighted by molar-refractivity contribution is 0.587. The molecule has 1 heterocycles. The molecule has 2 N–H and O–H groups in total. The van der Waals surface area contributed by atoms with Crippen molar-refractivity contribution in [3.8, 4) is 11.3 Å². The van der Waals surface area contributed by atoms with Crippen LogP contribution in [0.5, 0.6) is 0 Å². The minimum Gasteiger partial charge on any atom is -0.333 e. The molecule has 0 fully saturated rings. The van der Waals surface area contributed by atoms with Crippen LogP contribution in [0.3, 0.4) is 0 Å². The highest BCUT2D eigenvalue weighted by molar-refractivity contribution is 7.90. The van der Waals surface area contributed by atoms with Crippen LogP contribution in [0.4, 0.5) is 4.39 Å². The second-order valence-electron chi connectivity index (χ2n) is 5.00. The molecule has 0 bridgehead atoms. The monoisotopic (exact) mass is 346 g/mol. The molecule has 0 unspecified atom stereocenters. The smallest absolute Gasteiger partial charge is 0.268 e. The Balaban J connectivity index is 0.00000100. The number of halogens is 1. The first-order chi connectivity index (χ1) is 11.5. The van der Waals surface area contributed by atoms with Crippen molar-refractivity contribution in [2.45, 2.75) is 11.8 Å². The summed E-state index contributed by atoms with van der Waals surface area (Å²) in [5.74, 6) is -0.454. The van der Waals surface area contributed by atoms with E-state index in [9.17, 15) is 12.8 Å². The van der Waals surface area contributed by atoms with Gasteiger partial charge in [0.2, 0.25) is 0 Å². The molecule has 0 saturated heterocycles. The van der Waals surface area contributed by atoms with Crippen LogP contribution in [0.15, 0.2) is 71.8 Å². The van der Waals surface area contributed by atoms with Gasteiger partial charge in [-0.1, -0.05) is 30.3 Å². The van der Waals surface area contributed by atoms with E-state index in [1.165, 1.54) is 31.4 Å². The number of hydrogen-bond donors (Lipinski definition) is 1. The summed E-state index contributed by atoms with van der Waals surface area (Å²) in [5.41, 5.74) is 5.83. The fourth-order valence-electron chi connectivity index (χ4n) is 2.34. The third-order valence-electron chi connectivity index (χ3n) is 3.37. The molecular weight excluding hydrogens is 327 g/mol. The minimum absolute atomic E-state index is 0.170. The van der Waals surface area contributed by atoms with Gasteiger partial charge in [-0.2, -0.15) is 0 Å². The van der Waals surface area contributed by atoms with Crippen LogP contribution in [0.2, 0.25) is 0 Å². The highest BCUT2D eigenvalue weighted by atomic mass is 32.2. The molecule has 0 saturated carbocycles. The maximum atomic E-state index is 14.0. The quantitative estimate of drug-likeness (QED) is 0.790. The van der Waals surface area contributed by atoms with Gasteiger partial charge in [0, 0.05) is 11.8 Å². The third kappa shape index (κ3) is 3.39. The molecule has 3 aromatic rings. The molecule has 0 radical (unpaired) electrons. The molecule has 0 amide bonds. The van der Waals surface area contributed by atoms with Crippen LogP contribution in [0, 0.1) is 12.7 Å². The van der Waals surface area contributed by atoms with Crippen molar-refractivity contribution >= 4 is 10.0 Å². The summed E-state index contributed by atoms with van der Waals surface area (Å²) < 4.78 is 40.8. The lowest BCUT2D eigenvalue weighted by Gasteiger charge is -2.11. The van der Waals surface area contributed by atoms with Crippen LogP contribution in [0.1, 0.15) is 5.56 Å². The fraction of sp³-hybridized carbons (Fsp3) is 0.111. The van der Waals surface area contributed by atoms with Crippen molar-refractivity contribution in [1.82, 2.24) is 3.97 Å². The second-order valence-corrected chi connectivity index (χ2v) is 6.81. The van der Waals surface area contributed by atoms with E-state index in [-0.39, 0.29) is 10.5 Å².